The quantitative estimate of drug-likeness (QED) is 0.822. The standard InChI is InChI=1S/C17H25NO2S/c1-12-3-4-13(2)16(9-12)21-11-17(20)18-15-7-5-14(10-19)6-8-15/h3-4,9,14-15,19H,5-8,10-11H2,1-2H3,(H,18,20). The third kappa shape index (κ3) is 5.04. The first-order valence-corrected chi connectivity index (χ1v) is 8.67. The summed E-state index contributed by atoms with van der Waals surface area (Å²) in [5.74, 6) is 1.03. The van der Waals surface area contributed by atoms with E-state index in [0.29, 0.717) is 17.7 Å². The highest BCUT2D eigenvalue weighted by Crippen LogP contribution is 2.25. The molecule has 0 radical (unpaired) electrons. The van der Waals surface area contributed by atoms with Gasteiger partial charge in [0, 0.05) is 17.5 Å². The monoisotopic (exact) mass is 307 g/mol. The van der Waals surface area contributed by atoms with Crippen LogP contribution in [-0.4, -0.2) is 29.4 Å². The van der Waals surface area contributed by atoms with Gasteiger partial charge in [0.15, 0.2) is 0 Å². The van der Waals surface area contributed by atoms with Gasteiger partial charge in [-0.1, -0.05) is 17.7 Å². The maximum Gasteiger partial charge on any atom is 0.230 e. The molecule has 3 nitrogen and oxygen atoms in total. The van der Waals surface area contributed by atoms with Crippen molar-refractivity contribution in [1.29, 1.82) is 0 Å². The van der Waals surface area contributed by atoms with E-state index in [1.807, 2.05) is 0 Å². The number of rotatable bonds is 5. The Bertz CT molecular complexity index is 482. The van der Waals surface area contributed by atoms with Gasteiger partial charge < -0.3 is 10.4 Å². The van der Waals surface area contributed by atoms with Crippen molar-refractivity contribution in [3.05, 3.63) is 29.3 Å². The molecule has 1 saturated carbocycles. The van der Waals surface area contributed by atoms with Crippen molar-refractivity contribution in [2.45, 2.75) is 50.5 Å². The Kier molecular flexibility index (Phi) is 6.12. The molecule has 0 heterocycles. The highest BCUT2D eigenvalue weighted by atomic mass is 32.2. The Labute approximate surface area is 131 Å². The normalized spacial score (nSPS) is 22.0. The largest absolute Gasteiger partial charge is 0.396 e. The van der Waals surface area contributed by atoms with E-state index in [9.17, 15) is 4.79 Å². The summed E-state index contributed by atoms with van der Waals surface area (Å²) in [4.78, 5) is 13.2. The van der Waals surface area contributed by atoms with Gasteiger partial charge in [-0.2, -0.15) is 0 Å². The third-order valence-corrected chi connectivity index (χ3v) is 5.33. The van der Waals surface area contributed by atoms with Crippen molar-refractivity contribution in [2.75, 3.05) is 12.4 Å². The summed E-state index contributed by atoms with van der Waals surface area (Å²) in [6, 6.07) is 6.63. The second-order valence-electron chi connectivity index (χ2n) is 6.03. The number of amides is 1. The van der Waals surface area contributed by atoms with E-state index in [4.69, 9.17) is 5.11 Å². The molecule has 1 amide bonds. The Hall–Kier alpha value is -1.00. The maximum atomic E-state index is 12.1. The molecule has 2 N–H and O–H groups in total. The molecule has 1 aromatic rings. The molecular formula is C17H25NO2S. The van der Waals surface area contributed by atoms with E-state index in [1.54, 1.807) is 11.8 Å². The van der Waals surface area contributed by atoms with Gasteiger partial charge in [-0.15, -0.1) is 11.8 Å². The number of carbonyl (C=O) groups is 1. The van der Waals surface area contributed by atoms with Gasteiger partial charge in [0.2, 0.25) is 5.91 Å². The highest BCUT2D eigenvalue weighted by molar-refractivity contribution is 8.00. The second kappa shape index (κ2) is 7.85. The van der Waals surface area contributed by atoms with Gasteiger partial charge in [0.25, 0.3) is 0 Å². The average Bonchev–Trinajstić information content (AvgIpc) is 2.49. The van der Waals surface area contributed by atoms with E-state index in [-0.39, 0.29) is 12.5 Å². The van der Waals surface area contributed by atoms with Crippen LogP contribution in [0.15, 0.2) is 23.1 Å². The van der Waals surface area contributed by atoms with Gasteiger partial charge in [0.1, 0.15) is 0 Å². The number of benzene rings is 1. The van der Waals surface area contributed by atoms with Gasteiger partial charge in [-0.05, 0) is 57.1 Å². The highest BCUT2D eigenvalue weighted by Gasteiger charge is 2.21. The minimum absolute atomic E-state index is 0.119. The smallest absolute Gasteiger partial charge is 0.230 e. The zero-order valence-electron chi connectivity index (χ0n) is 12.9. The molecule has 0 aliphatic heterocycles. The van der Waals surface area contributed by atoms with E-state index >= 15 is 0 Å². The van der Waals surface area contributed by atoms with E-state index < -0.39 is 0 Å². The molecule has 1 aliphatic rings. The van der Waals surface area contributed by atoms with Crippen LogP contribution in [-0.2, 0) is 4.79 Å². The lowest BCUT2D eigenvalue weighted by Gasteiger charge is -2.27. The lowest BCUT2D eigenvalue weighted by atomic mass is 9.86. The molecule has 1 aliphatic carbocycles. The molecule has 0 bridgehead atoms. The van der Waals surface area contributed by atoms with Crippen molar-refractivity contribution in [3.63, 3.8) is 0 Å². The first-order valence-electron chi connectivity index (χ1n) is 7.68. The number of aliphatic hydroxyl groups is 1. The third-order valence-electron chi connectivity index (χ3n) is 4.17. The van der Waals surface area contributed by atoms with Gasteiger partial charge >= 0.3 is 0 Å². The molecule has 2 rings (SSSR count). The Balaban J connectivity index is 1.76. The van der Waals surface area contributed by atoms with Gasteiger partial charge in [-0.25, -0.2) is 0 Å². The Morgan fingerprint density at radius 3 is 2.67 bits per heavy atom. The summed E-state index contributed by atoms with van der Waals surface area (Å²) in [6.07, 6.45) is 4.02. The SMILES string of the molecule is Cc1ccc(C)c(SCC(=O)NC2CCC(CO)CC2)c1. The zero-order chi connectivity index (χ0) is 15.2. The van der Waals surface area contributed by atoms with Crippen LogP contribution in [0.3, 0.4) is 0 Å². The molecule has 0 atom stereocenters. The number of aryl methyl sites for hydroxylation is 2. The van der Waals surface area contributed by atoms with Crippen molar-refractivity contribution in [1.82, 2.24) is 5.32 Å². The number of nitrogens with one attached hydrogen (secondary N) is 1. The molecule has 0 aromatic heterocycles. The van der Waals surface area contributed by atoms with Crippen LogP contribution in [0, 0.1) is 19.8 Å². The molecule has 1 fully saturated rings. The summed E-state index contributed by atoms with van der Waals surface area (Å²) in [6.45, 7) is 4.43. The number of thioether (sulfide) groups is 1. The zero-order valence-corrected chi connectivity index (χ0v) is 13.7. The van der Waals surface area contributed by atoms with E-state index in [2.05, 4.69) is 37.4 Å². The lowest BCUT2D eigenvalue weighted by Crippen LogP contribution is -2.39. The number of hydrogen-bond acceptors (Lipinski definition) is 3. The Morgan fingerprint density at radius 2 is 2.00 bits per heavy atom. The predicted molar refractivity (Wildman–Crippen MR) is 87.6 cm³/mol. The van der Waals surface area contributed by atoms with Crippen molar-refractivity contribution < 1.29 is 9.90 Å². The second-order valence-corrected chi connectivity index (χ2v) is 7.04. The number of carbonyl (C=O) groups excluding carboxylic acids is 1. The Morgan fingerprint density at radius 1 is 1.29 bits per heavy atom. The summed E-state index contributed by atoms with van der Waals surface area (Å²) in [5.41, 5.74) is 2.45. The number of hydrogen-bond donors (Lipinski definition) is 2. The first-order chi connectivity index (χ1) is 10.1. The van der Waals surface area contributed by atoms with Crippen molar-refractivity contribution >= 4 is 17.7 Å². The fraction of sp³-hybridized carbons (Fsp3) is 0.588. The average molecular weight is 307 g/mol. The minimum atomic E-state index is 0.119. The summed E-state index contributed by atoms with van der Waals surface area (Å²) in [7, 11) is 0. The fourth-order valence-corrected chi connectivity index (χ4v) is 3.70. The van der Waals surface area contributed by atoms with Crippen LogP contribution < -0.4 is 5.32 Å². The fourth-order valence-electron chi connectivity index (χ4n) is 2.76. The molecule has 0 unspecified atom stereocenters. The first kappa shape index (κ1) is 16.4. The molecule has 21 heavy (non-hydrogen) atoms. The lowest BCUT2D eigenvalue weighted by molar-refractivity contribution is -0.119. The summed E-state index contributed by atoms with van der Waals surface area (Å²) >= 11 is 1.61. The van der Waals surface area contributed by atoms with Crippen LogP contribution in [0.25, 0.3) is 0 Å². The molecule has 0 saturated heterocycles. The molecule has 1 aromatic carbocycles. The number of aliphatic hydroxyl groups excluding tert-OH is 1. The maximum absolute atomic E-state index is 12.1. The van der Waals surface area contributed by atoms with Crippen LogP contribution in [0.5, 0.6) is 0 Å². The molecule has 0 spiro atoms. The topological polar surface area (TPSA) is 49.3 Å². The van der Waals surface area contributed by atoms with Gasteiger partial charge in [0.05, 0.1) is 5.75 Å². The van der Waals surface area contributed by atoms with Crippen LogP contribution in [0.4, 0.5) is 0 Å². The minimum Gasteiger partial charge on any atom is -0.396 e. The van der Waals surface area contributed by atoms with Crippen LogP contribution >= 0.6 is 11.8 Å². The van der Waals surface area contributed by atoms with Crippen molar-refractivity contribution in [3.8, 4) is 0 Å². The molecule has 116 valence electrons. The van der Waals surface area contributed by atoms with Crippen LogP contribution in [0.1, 0.15) is 36.8 Å². The van der Waals surface area contributed by atoms with Crippen LogP contribution in [0.2, 0.25) is 0 Å². The van der Waals surface area contributed by atoms with Gasteiger partial charge in [-0.3, -0.25) is 4.79 Å². The molecule has 4 heteroatoms. The molecular weight excluding hydrogens is 282 g/mol. The summed E-state index contributed by atoms with van der Waals surface area (Å²) in [5, 5.41) is 12.3. The van der Waals surface area contributed by atoms with E-state index in [0.717, 1.165) is 25.7 Å². The summed E-state index contributed by atoms with van der Waals surface area (Å²) < 4.78 is 0. The van der Waals surface area contributed by atoms with E-state index in [1.165, 1.54) is 16.0 Å². The van der Waals surface area contributed by atoms with Crippen molar-refractivity contribution in [2.24, 2.45) is 5.92 Å². The predicted octanol–water partition coefficient (Wildman–Crippen LogP) is 3.06.